The first-order valence-electron chi connectivity index (χ1n) is 5.16. The van der Waals surface area contributed by atoms with E-state index in [0.29, 0.717) is 0 Å². The highest BCUT2D eigenvalue weighted by Crippen LogP contribution is 1.95. The van der Waals surface area contributed by atoms with Gasteiger partial charge in [-0.2, -0.15) is 0 Å². The first-order chi connectivity index (χ1) is 8.81. The van der Waals surface area contributed by atoms with Crippen LogP contribution in [-0.4, -0.2) is 71.4 Å². The van der Waals surface area contributed by atoms with E-state index in [1.165, 1.54) is 7.11 Å². The Morgan fingerprint density at radius 2 is 1.42 bits per heavy atom. The monoisotopic (exact) mass is 284 g/mol. The summed E-state index contributed by atoms with van der Waals surface area (Å²) >= 11 is 0. The fourth-order valence-electron chi connectivity index (χ4n) is 0.449. The van der Waals surface area contributed by atoms with Crippen molar-refractivity contribution in [2.45, 2.75) is 26.1 Å². The maximum Gasteiger partial charge on any atom is 0.338 e. The Kier molecular flexibility index (Phi) is 17.0. The fourth-order valence-corrected chi connectivity index (χ4v) is 0.449. The molecule has 9 nitrogen and oxygen atoms in total. The van der Waals surface area contributed by atoms with Crippen LogP contribution in [0.1, 0.15) is 13.8 Å². The molecular weight excluding hydrogens is 264 g/mol. The molecule has 0 aromatic rings. The molecule has 0 bridgehead atoms. The van der Waals surface area contributed by atoms with Gasteiger partial charge in [0, 0.05) is 0 Å². The number of methoxy groups -OCH3 is 2. The highest BCUT2D eigenvalue weighted by molar-refractivity contribution is 5.84. The molecule has 0 aromatic carbocycles. The van der Waals surface area contributed by atoms with Gasteiger partial charge in [0.1, 0.15) is 6.61 Å². The van der Waals surface area contributed by atoms with Gasteiger partial charge < -0.3 is 29.9 Å². The minimum absolute atomic E-state index is 0.531. The molecule has 0 aliphatic heterocycles. The average Bonchev–Trinajstić information content (AvgIpc) is 2.46. The summed E-state index contributed by atoms with van der Waals surface area (Å²) in [5.74, 6) is -3.46. The number of rotatable bonds is 4. The Labute approximate surface area is 110 Å². The zero-order chi connectivity index (χ0) is 16.0. The lowest BCUT2D eigenvalue weighted by Gasteiger charge is -2.10. The third-order valence-corrected chi connectivity index (χ3v) is 1.35. The standard InChI is InChI=1S/C5H8O6.C3H6O3.C2H6/c1-11-5(10)3(7)2(6)4(8)9;1-6-3(5)2-4;1-2/h2-3,6-7H,1H3,(H,8,9);4H,2H2,1H3;1-2H3/t2-,3-;;/m1../s1. The van der Waals surface area contributed by atoms with E-state index in [2.05, 4.69) is 9.47 Å². The summed E-state index contributed by atoms with van der Waals surface area (Å²) in [6.07, 6.45) is -4.17. The lowest BCUT2D eigenvalue weighted by Crippen LogP contribution is -2.40. The van der Waals surface area contributed by atoms with E-state index in [-0.39, 0.29) is 0 Å². The zero-order valence-corrected chi connectivity index (χ0v) is 11.2. The molecule has 2 atom stereocenters. The molecule has 4 N–H and O–H groups in total. The minimum Gasteiger partial charge on any atom is -0.479 e. The van der Waals surface area contributed by atoms with E-state index in [1.54, 1.807) is 0 Å². The van der Waals surface area contributed by atoms with Crippen molar-refractivity contribution in [3.05, 3.63) is 0 Å². The van der Waals surface area contributed by atoms with Crippen molar-refractivity contribution in [3.8, 4) is 0 Å². The Hall–Kier alpha value is -1.71. The summed E-state index contributed by atoms with van der Waals surface area (Å²) in [5.41, 5.74) is 0. The summed E-state index contributed by atoms with van der Waals surface area (Å²) in [6, 6.07) is 0. The average molecular weight is 284 g/mol. The van der Waals surface area contributed by atoms with E-state index in [1.807, 2.05) is 13.8 Å². The van der Waals surface area contributed by atoms with Crippen molar-refractivity contribution in [2.75, 3.05) is 20.8 Å². The smallest absolute Gasteiger partial charge is 0.338 e. The number of carbonyl (C=O) groups excluding carboxylic acids is 2. The number of aliphatic carboxylic acids is 1. The maximum atomic E-state index is 10.4. The predicted octanol–water partition coefficient (Wildman–Crippen LogP) is -1.86. The number of carboxylic acid groups (broad SMARTS) is 1. The Morgan fingerprint density at radius 3 is 1.58 bits per heavy atom. The van der Waals surface area contributed by atoms with E-state index < -0.39 is 36.7 Å². The van der Waals surface area contributed by atoms with Crippen LogP contribution in [0.25, 0.3) is 0 Å². The zero-order valence-electron chi connectivity index (χ0n) is 11.2. The molecule has 114 valence electrons. The molecule has 9 heteroatoms. The second kappa shape index (κ2) is 14.4. The molecule has 0 unspecified atom stereocenters. The van der Waals surface area contributed by atoms with Gasteiger partial charge in [0.2, 0.25) is 0 Å². The summed E-state index contributed by atoms with van der Waals surface area (Å²) < 4.78 is 7.98. The van der Waals surface area contributed by atoms with Crippen LogP contribution in [0, 0.1) is 0 Å². The highest BCUT2D eigenvalue weighted by Gasteiger charge is 2.30. The number of aliphatic hydroxyl groups is 3. The van der Waals surface area contributed by atoms with Crippen LogP contribution in [0.3, 0.4) is 0 Å². The molecule has 0 aliphatic carbocycles. The van der Waals surface area contributed by atoms with E-state index in [4.69, 9.17) is 20.4 Å². The van der Waals surface area contributed by atoms with Crippen LogP contribution in [0.5, 0.6) is 0 Å². The second-order valence-corrected chi connectivity index (χ2v) is 2.49. The number of carboxylic acids is 1. The molecule has 0 rings (SSSR count). The normalized spacial score (nSPS) is 11.5. The van der Waals surface area contributed by atoms with Crippen molar-refractivity contribution in [3.63, 3.8) is 0 Å². The summed E-state index contributed by atoms with van der Waals surface area (Å²) in [4.78, 5) is 30.0. The van der Waals surface area contributed by atoms with Gasteiger partial charge in [-0.25, -0.2) is 14.4 Å². The second-order valence-electron chi connectivity index (χ2n) is 2.49. The third kappa shape index (κ3) is 12.5. The molecule has 0 spiro atoms. The number of hydrogen-bond acceptors (Lipinski definition) is 8. The van der Waals surface area contributed by atoms with Crippen LogP contribution in [0.4, 0.5) is 0 Å². The summed E-state index contributed by atoms with van der Waals surface area (Å²) in [7, 11) is 2.19. The van der Waals surface area contributed by atoms with Crippen LogP contribution in [0.2, 0.25) is 0 Å². The molecule has 0 fully saturated rings. The minimum atomic E-state index is -2.14. The molecule has 0 amide bonds. The SMILES string of the molecule is CC.COC(=O)CO.COC(=O)[C@H](O)[C@@H](O)C(=O)O. The molecule has 0 saturated heterocycles. The van der Waals surface area contributed by atoms with E-state index in [9.17, 15) is 14.4 Å². The van der Waals surface area contributed by atoms with Crippen LogP contribution < -0.4 is 0 Å². The van der Waals surface area contributed by atoms with E-state index in [0.717, 1.165) is 7.11 Å². The molecule has 0 aromatic heterocycles. The van der Waals surface area contributed by atoms with Gasteiger partial charge in [0.25, 0.3) is 0 Å². The number of carbonyl (C=O) groups is 3. The first kappa shape index (κ1) is 22.5. The largest absolute Gasteiger partial charge is 0.479 e. The van der Waals surface area contributed by atoms with Gasteiger partial charge in [0.05, 0.1) is 14.2 Å². The van der Waals surface area contributed by atoms with Gasteiger partial charge in [-0.3, -0.25) is 0 Å². The molecule has 0 saturated carbocycles. The maximum absolute atomic E-state index is 10.4. The van der Waals surface area contributed by atoms with Gasteiger partial charge >= 0.3 is 17.9 Å². The van der Waals surface area contributed by atoms with Gasteiger partial charge in [-0.1, -0.05) is 13.8 Å². The predicted molar refractivity (Wildman–Crippen MR) is 62.1 cm³/mol. The molecule has 0 aliphatic rings. The van der Waals surface area contributed by atoms with Gasteiger partial charge in [-0.15, -0.1) is 0 Å². The third-order valence-electron chi connectivity index (χ3n) is 1.35. The summed E-state index contributed by atoms with van der Waals surface area (Å²) in [6.45, 7) is 3.47. The lowest BCUT2D eigenvalue weighted by molar-refractivity contribution is -0.167. The molecular formula is C10H20O9. The van der Waals surface area contributed by atoms with Crippen molar-refractivity contribution in [2.24, 2.45) is 0 Å². The lowest BCUT2D eigenvalue weighted by atomic mass is 10.2. The first-order valence-corrected chi connectivity index (χ1v) is 5.16. The highest BCUT2D eigenvalue weighted by atomic mass is 16.5. The number of aliphatic hydroxyl groups excluding tert-OH is 3. The Morgan fingerprint density at radius 1 is 1.00 bits per heavy atom. The van der Waals surface area contributed by atoms with Crippen LogP contribution in [0.15, 0.2) is 0 Å². The van der Waals surface area contributed by atoms with Crippen molar-refractivity contribution in [1.82, 2.24) is 0 Å². The van der Waals surface area contributed by atoms with Crippen molar-refractivity contribution < 1.29 is 44.3 Å². The molecule has 0 heterocycles. The van der Waals surface area contributed by atoms with Crippen LogP contribution in [-0.2, 0) is 23.9 Å². The van der Waals surface area contributed by atoms with Crippen LogP contribution >= 0.6 is 0 Å². The molecule has 19 heavy (non-hydrogen) atoms. The van der Waals surface area contributed by atoms with Gasteiger partial charge in [-0.05, 0) is 0 Å². The topological polar surface area (TPSA) is 151 Å². The van der Waals surface area contributed by atoms with E-state index >= 15 is 0 Å². The van der Waals surface area contributed by atoms with Crippen molar-refractivity contribution in [1.29, 1.82) is 0 Å². The number of hydrogen-bond donors (Lipinski definition) is 4. The fraction of sp³-hybridized carbons (Fsp3) is 0.700. The quantitative estimate of drug-likeness (QED) is 0.436. The van der Waals surface area contributed by atoms with Gasteiger partial charge in [0.15, 0.2) is 12.2 Å². The Bertz CT molecular complexity index is 258. The Balaban J connectivity index is -0.000000271. The molecule has 0 radical (unpaired) electrons. The number of esters is 2. The van der Waals surface area contributed by atoms with Crippen molar-refractivity contribution >= 4 is 17.9 Å². The summed E-state index contributed by atoms with van der Waals surface area (Å²) in [5, 5.41) is 33.1. The number of ether oxygens (including phenoxy) is 2.